The Kier molecular flexibility index (Phi) is 3.97. The Hall–Kier alpha value is -2.73. The number of thiophene rings is 1. The van der Waals surface area contributed by atoms with E-state index in [-0.39, 0.29) is 5.91 Å². The molecule has 126 valence electrons. The smallest absolute Gasteiger partial charge is 0.274 e. The zero-order valence-corrected chi connectivity index (χ0v) is 14.4. The molecule has 25 heavy (non-hydrogen) atoms. The quantitative estimate of drug-likeness (QED) is 0.757. The van der Waals surface area contributed by atoms with Crippen molar-refractivity contribution in [1.29, 1.82) is 0 Å². The van der Waals surface area contributed by atoms with Crippen LogP contribution in [0.3, 0.4) is 0 Å². The van der Waals surface area contributed by atoms with Crippen LogP contribution in [0.1, 0.15) is 44.1 Å². The third kappa shape index (κ3) is 2.89. The van der Waals surface area contributed by atoms with Gasteiger partial charge < -0.3 is 11.1 Å². The SMILES string of the molecule is NC(=O)c1c(NC(=O)c2ccc3ccccc3n2)sc2c1CCCC2. The zero-order chi connectivity index (χ0) is 17.4. The van der Waals surface area contributed by atoms with Crippen LogP contribution >= 0.6 is 11.3 Å². The number of benzene rings is 1. The van der Waals surface area contributed by atoms with Gasteiger partial charge >= 0.3 is 0 Å². The number of fused-ring (bicyclic) bond motifs is 2. The summed E-state index contributed by atoms with van der Waals surface area (Å²) in [5, 5.41) is 4.36. The van der Waals surface area contributed by atoms with Crippen molar-refractivity contribution in [3.63, 3.8) is 0 Å². The number of para-hydroxylation sites is 1. The predicted molar refractivity (Wildman–Crippen MR) is 99.2 cm³/mol. The molecular weight excluding hydrogens is 334 g/mol. The molecule has 0 fully saturated rings. The van der Waals surface area contributed by atoms with Gasteiger partial charge in [0.15, 0.2) is 0 Å². The molecule has 4 rings (SSSR count). The van der Waals surface area contributed by atoms with E-state index in [2.05, 4.69) is 10.3 Å². The largest absolute Gasteiger partial charge is 0.365 e. The van der Waals surface area contributed by atoms with Crippen LogP contribution in [0.4, 0.5) is 5.00 Å². The number of pyridine rings is 1. The maximum Gasteiger partial charge on any atom is 0.274 e. The maximum atomic E-state index is 12.6. The summed E-state index contributed by atoms with van der Waals surface area (Å²) in [6.07, 6.45) is 3.92. The minimum Gasteiger partial charge on any atom is -0.365 e. The molecule has 3 aromatic rings. The second-order valence-electron chi connectivity index (χ2n) is 6.12. The minimum absolute atomic E-state index is 0.320. The highest BCUT2D eigenvalue weighted by Crippen LogP contribution is 2.38. The summed E-state index contributed by atoms with van der Waals surface area (Å²) in [5.74, 6) is -0.812. The molecule has 0 spiro atoms. The normalized spacial score (nSPS) is 13.4. The van der Waals surface area contributed by atoms with E-state index in [0.29, 0.717) is 16.3 Å². The number of nitrogens with two attached hydrogens (primary N) is 1. The van der Waals surface area contributed by atoms with Gasteiger partial charge in [0.1, 0.15) is 10.7 Å². The molecule has 2 aromatic heterocycles. The van der Waals surface area contributed by atoms with Gasteiger partial charge in [0.25, 0.3) is 11.8 Å². The summed E-state index contributed by atoms with van der Waals surface area (Å²) in [7, 11) is 0. The molecule has 3 N–H and O–H groups in total. The monoisotopic (exact) mass is 351 g/mol. The first-order valence-electron chi connectivity index (χ1n) is 8.25. The van der Waals surface area contributed by atoms with E-state index >= 15 is 0 Å². The molecule has 1 aliphatic carbocycles. The molecule has 0 bridgehead atoms. The fraction of sp³-hybridized carbons (Fsp3) is 0.211. The number of anilines is 1. The number of hydrogen-bond donors (Lipinski definition) is 2. The molecule has 6 heteroatoms. The lowest BCUT2D eigenvalue weighted by molar-refractivity contribution is 0.100. The number of primary amides is 1. The van der Waals surface area contributed by atoms with Crippen LogP contribution in [0.25, 0.3) is 10.9 Å². The van der Waals surface area contributed by atoms with Crippen LogP contribution in [0.2, 0.25) is 0 Å². The van der Waals surface area contributed by atoms with E-state index in [1.807, 2.05) is 30.3 Å². The van der Waals surface area contributed by atoms with Gasteiger partial charge in [0, 0.05) is 10.3 Å². The number of rotatable bonds is 3. The average molecular weight is 351 g/mol. The van der Waals surface area contributed by atoms with Crippen LogP contribution in [0, 0.1) is 0 Å². The van der Waals surface area contributed by atoms with Crippen molar-refractivity contribution in [1.82, 2.24) is 4.98 Å². The summed E-state index contributed by atoms with van der Waals surface area (Å²) in [5.41, 5.74) is 8.12. The number of aromatic nitrogens is 1. The molecular formula is C19H17N3O2S. The fourth-order valence-electron chi connectivity index (χ4n) is 3.27. The van der Waals surface area contributed by atoms with Crippen molar-refractivity contribution < 1.29 is 9.59 Å². The fourth-order valence-corrected chi connectivity index (χ4v) is 4.56. The molecule has 0 unspecified atom stereocenters. The summed E-state index contributed by atoms with van der Waals surface area (Å²) in [6.45, 7) is 0. The van der Waals surface area contributed by atoms with Crippen molar-refractivity contribution in [2.45, 2.75) is 25.7 Å². The Bertz CT molecular complexity index is 993. The summed E-state index contributed by atoms with van der Waals surface area (Å²) in [6, 6.07) is 11.2. The topological polar surface area (TPSA) is 85.1 Å². The Morgan fingerprint density at radius 2 is 1.88 bits per heavy atom. The third-order valence-corrected chi connectivity index (χ3v) is 5.68. The van der Waals surface area contributed by atoms with Gasteiger partial charge in [-0.2, -0.15) is 0 Å². The number of carbonyl (C=O) groups is 2. The van der Waals surface area contributed by atoms with Crippen molar-refractivity contribution >= 4 is 39.1 Å². The van der Waals surface area contributed by atoms with Crippen molar-refractivity contribution in [3.05, 3.63) is 58.1 Å². The van der Waals surface area contributed by atoms with E-state index in [1.165, 1.54) is 11.3 Å². The van der Waals surface area contributed by atoms with E-state index in [0.717, 1.165) is 47.0 Å². The Labute approximate surface area is 148 Å². The van der Waals surface area contributed by atoms with Gasteiger partial charge in [0.2, 0.25) is 0 Å². The van der Waals surface area contributed by atoms with E-state index in [9.17, 15) is 9.59 Å². The first-order valence-corrected chi connectivity index (χ1v) is 9.06. The molecule has 1 aromatic carbocycles. The second kappa shape index (κ2) is 6.29. The highest BCUT2D eigenvalue weighted by Gasteiger charge is 2.25. The van der Waals surface area contributed by atoms with Gasteiger partial charge in [-0.15, -0.1) is 11.3 Å². The summed E-state index contributed by atoms with van der Waals surface area (Å²) in [4.78, 5) is 30.1. The van der Waals surface area contributed by atoms with Crippen LogP contribution in [-0.2, 0) is 12.8 Å². The molecule has 0 aliphatic heterocycles. The summed E-state index contributed by atoms with van der Waals surface area (Å²) >= 11 is 1.46. The van der Waals surface area contributed by atoms with Gasteiger partial charge in [-0.25, -0.2) is 4.98 Å². The Morgan fingerprint density at radius 1 is 1.08 bits per heavy atom. The van der Waals surface area contributed by atoms with Crippen LogP contribution in [-0.4, -0.2) is 16.8 Å². The standard InChI is InChI=1S/C19H17N3O2S/c20-17(23)16-12-6-2-4-8-15(12)25-19(16)22-18(24)14-10-9-11-5-1-3-7-13(11)21-14/h1,3,5,7,9-10H,2,4,6,8H2,(H2,20,23)(H,22,24). The van der Waals surface area contributed by atoms with Gasteiger partial charge in [-0.1, -0.05) is 24.3 Å². The highest BCUT2D eigenvalue weighted by atomic mass is 32.1. The molecule has 0 saturated heterocycles. The molecule has 0 radical (unpaired) electrons. The molecule has 0 atom stereocenters. The molecule has 5 nitrogen and oxygen atoms in total. The molecule has 2 amide bonds. The average Bonchev–Trinajstić information content (AvgIpc) is 2.99. The second-order valence-corrected chi connectivity index (χ2v) is 7.23. The van der Waals surface area contributed by atoms with Crippen molar-refractivity contribution in [2.75, 3.05) is 5.32 Å². The van der Waals surface area contributed by atoms with E-state index in [4.69, 9.17) is 5.73 Å². The third-order valence-electron chi connectivity index (χ3n) is 4.48. The number of aryl methyl sites for hydroxylation is 1. The molecule has 0 saturated carbocycles. The predicted octanol–water partition coefficient (Wildman–Crippen LogP) is 3.53. The number of hydrogen-bond acceptors (Lipinski definition) is 4. The van der Waals surface area contributed by atoms with Crippen LogP contribution in [0.15, 0.2) is 36.4 Å². The lowest BCUT2D eigenvalue weighted by Gasteiger charge is -2.11. The van der Waals surface area contributed by atoms with Gasteiger partial charge in [0.05, 0.1) is 11.1 Å². The number of nitrogens with one attached hydrogen (secondary N) is 1. The molecule has 2 heterocycles. The number of carbonyl (C=O) groups excluding carboxylic acids is 2. The first kappa shape index (κ1) is 15.8. The Balaban J connectivity index is 1.68. The number of amides is 2. The lowest BCUT2D eigenvalue weighted by atomic mass is 9.95. The summed E-state index contributed by atoms with van der Waals surface area (Å²) < 4.78 is 0. The van der Waals surface area contributed by atoms with Gasteiger partial charge in [-0.3, -0.25) is 9.59 Å². The van der Waals surface area contributed by atoms with Gasteiger partial charge in [-0.05, 0) is 43.4 Å². The minimum atomic E-state index is -0.485. The van der Waals surface area contributed by atoms with Crippen LogP contribution in [0.5, 0.6) is 0 Å². The van der Waals surface area contributed by atoms with Crippen LogP contribution < -0.4 is 11.1 Å². The first-order chi connectivity index (χ1) is 12.1. The van der Waals surface area contributed by atoms with E-state index < -0.39 is 5.91 Å². The van der Waals surface area contributed by atoms with E-state index in [1.54, 1.807) is 6.07 Å². The zero-order valence-electron chi connectivity index (χ0n) is 13.5. The highest BCUT2D eigenvalue weighted by molar-refractivity contribution is 7.17. The van der Waals surface area contributed by atoms with Crippen molar-refractivity contribution in [2.24, 2.45) is 5.73 Å². The van der Waals surface area contributed by atoms with Crippen molar-refractivity contribution in [3.8, 4) is 0 Å². The molecule has 1 aliphatic rings. The Morgan fingerprint density at radius 3 is 2.72 bits per heavy atom. The lowest BCUT2D eigenvalue weighted by Crippen LogP contribution is -2.19. The maximum absolute atomic E-state index is 12.6. The number of nitrogens with zero attached hydrogens (tertiary/aromatic N) is 1.